The number of piperidine rings is 1. The van der Waals surface area contributed by atoms with Gasteiger partial charge in [-0.25, -0.2) is 4.98 Å². The Hall–Kier alpha value is -0.490. The number of thiazole rings is 1. The van der Waals surface area contributed by atoms with Gasteiger partial charge in [0.05, 0.1) is 10.7 Å². The number of rotatable bonds is 6. The van der Waals surface area contributed by atoms with E-state index in [1.165, 1.54) is 30.9 Å². The highest BCUT2D eigenvalue weighted by Gasteiger charge is 2.22. The molecule has 1 atom stereocenters. The quantitative estimate of drug-likeness (QED) is 0.869. The van der Waals surface area contributed by atoms with Crippen LogP contribution in [0.2, 0.25) is 0 Å². The van der Waals surface area contributed by atoms with Crippen molar-refractivity contribution in [1.82, 2.24) is 14.8 Å². The maximum Gasteiger partial charge on any atom is 0.0969 e. The highest BCUT2D eigenvalue weighted by atomic mass is 32.1. The van der Waals surface area contributed by atoms with Gasteiger partial charge in [0.1, 0.15) is 0 Å². The molecule has 0 bridgehead atoms. The Bertz CT molecular complexity index is 398. The van der Waals surface area contributed by atoms with Crippen LogP contribution in [-0.4, -0.2) is 61.1 Å². The first-order valence-electron chi connectivity index (χ1n) is 7.63. The van der Waals surface area contributed by atoms with Crippen molar-refractivity contribution in [1.29, 1.82) is 0 Å². The van der Waals surface area contributed by atoms with Crippen LogP contribution >= 0.6 is 11.3 Å². The van der Waals surface area contributed by atoms with Gasteiger partial charge in [0.2, 0.25) is 0 Å². The third-order valence-corrected chi connectivity index (χ3v) is 5.39. The van der Waals surface area contributed by atoms with Crippen molar-refractivity contribution in [3.8, 4) is 0 Å². The highest BCUT2D eigenvalue weighted by molar-refractivity contribution is 7.09. The molecule has 1 aliphatic rings. The maximum absolute atomic E-state index is 5.59. The molecule has 0 aromatic carbocycles. The zero-order valence-electron chi connectivity index (χ0n) is 13.0. The standard InChI is InChI=1S/C15H28N4S/c1-12(15-17-13(4-7-16)11-20-15)10-19(3)14-5-8-18(2)9-6-14/h11-12,14H,4-10,16H2,1-3H3. The Kier molecular flexibility index (Phi) is 5.96. The van der Waals surface area contributed by atoms with Crippen molar-refractivity contribution in [2.45, 2.75) is 38.1 Å². The lowest BCUT2D eigenvalue weighted by atomic mass is 10.0. The van der Waals surface area contributed by atoms with E-state index in [0.29, 0.717) is 12.5 Å². The summed E-state index contributed by atoms with van der Waals surface area (Å²) < 4.78 is 0. The molecule has 4 nitrogen and oxygen atoms in total. The minimum Gasteiger partial charge on any atom is -0.330 e. The van der Waals surface area contributed by atoms with E-state index in [4.69, 9.17) is 10.7 Å². The maximum atomic E-state index is 5.59. The van der Waals surface area contributed by atoms with Crippen LogP contribution in [0, 0.1) is 0 Å². The average molecular weight is 296 g/mol. The summed E-state index contributed by atoms with van der Waals surface area (Å²) >= 11 is 1.79. The van der Waals surface area contributed by atoms with Crippen LogP contribution in [-0.2, 0) is 6.42 Å². The highest BCUT2D eigenvalue weighted by Crippen LogP contribution is 2.23. The molecule has 0 saturated carbocycles. The van der Waals surface area contributed by atoms with Crippen LogP contribution < -0.4 is 5.73 Å². The van der Waals surface area contributed by atoms with Gasteiger partial charge in [-0.3, -0.25) is 0 Å². The van der Waals surface area contributed by atoms with Gasteiger partial charge in [0.15, 0.2) is 0 Å². The van der Waals surface area contributed by atoms with E-state index in [0.717, 1.165) is 24.7 Å². The largest absolute Gasteiger partial charge is 0.330 e. The number of nitrogens with zero attached hydrogens (tertiary/aromatic N) is 3. The van der Waals surface area contributed by atoms with Crippen LogP contribution in [0.15, 0.2) is 5.38 Å². The molecule has 1 aromatic rings. The Balaban J connectivity index is 1.84. The summed E-state index contributed by atoms with van der Waals surface area (Å²) in [5.74, 6) is 0.510. The smallest absolute Gasteiger partial charge is 0.0969 e. The second-order valence-electron chi connectivity index (χ2n) is 6.09. The van der Waals surface area contributed by atoms with Crippen molar-refractivity contribution in [3.05, 3.63) is 16.1 Å². The SMILES string of the molecule is CC(CN(C)C1CCN(C)CC1)c1nc(CCN)cs1. The summed E-state index contributed by atoms with van der Waals surface area (Å²) in [6.07, 6.45) is 3.47. The molecule has 2 rings (SSSR count). The predicted octanol–water partition coefficient (Wildman–Crippen LogP) is 1.77. The molecule has 114 valence electrons. The molecule has 1 aliphatic heterocycles. The van der Waals surface area contributed by atoms with Crippen LogP contribution in [0.25, 0.3) is 0 Å². The van der Waals surface area contributed by atoms with E-state index in [1.807, 2.05) is 0 Å². The molecule has 2 N–H and O–H groups in total. The minimum atomic E-state index is 0.510. The number of hydrogen-bond acceptors (Lipinski definition) is 5. The topological polar surface area (TPSA) is 45.4 Å². The number of likely N-dealkylation sites (tertiary alicyclic amines) is 1. The van der Waals surface area contributed by atoms with Crippen molar-refractivity contribution < 1.29 is 0 Å². The lowest BCUT2D eigenvalue weighted by molar-refractivity contribution is 0.140. The molecular weight excluding hydrogens is 268 g/mol. The van der Waals surface area contributed by atoms with Gasteiger partial charge in [-0.05, 0) is 46.6 Å². The Morgan fingerprint density at radius 1 is 1.50 bits per heavy atom. The molecule has 1 saturated heterocycles. The van der Waals surface area contributed by atoms with Gasteiger partial charge >= 0.3 is 0 Å². The monoisotopic (exact) mass is 296 g/mol. The number of likely N-dealkylation sites (N-methyl/N-ethyl adjacent to an activating group) is 1. The molecule has 2 heterocycles. The van der Waals surface area contributed by atoms with Gasteiger partial charge in [-0.1, -0.05) is 6.92 Å². The van der Waals surface area contributed by atoms with Gasteiger partial charge in [0.25, 0.3) is 0 Å². The van der Waals surface area contributed by atoms with E-state index >= 15 is 0 Å². The minimum absolute atomic E-state index is 0.510. The number of nitrogens with two attached hydrogens (primary N) is 1. The normalized spacial score (nSPS) is 19.6. The molecule has 0 aliphatic carbocycles. The van der Waals surface area contributed by atoms with E-state index in [-0.39, 0.29) is 0 Å². The lowest BCUT2D eigenvalue weighted by Crippen LogP contribution is -2.43. The summed E-state index contributed by atoms with van der Waals surface area (Å²) in [5.41, 5.74) is 6.74. The Labute approximate surface area is 127 Å². The molecule has 0 radical (unpaired) electrons. The van der Waals surface area contributed by atoms with Crippen LogP contribution in [0.5, 0.6) is 0 Å². The fraction of sp³-hybridized carbons (Fsp3) is 0.800. The summed E-state index contributed by atoms with van der Waals surface area (Å²) in [4.78, 5) is 9.67. The van der Waals surface area contributed by atoms with Crippen LogP contribution in [0.4, 0.5) is 0 Å². The van der Waals surface area contributed by atoms with Gasteiger partial charge in [0, 0.05) is 30.3 Å². The van der Waals surface area contributed by atoms with E-state index < -0.39 is 0 Å². The molecule has 0 amide bonds. The van der Waals surface area contributed by atoms with Crippen molar-refractivity contribution in [2.24, 2.45) is 5.73 Å². The molecule has 1 aromatic heterocycles. The first-order valence-corrected chi connectivity index (χ1v) is 8.51. The Morgan fingerprint density at radius 2 is 2.20 bits per heavy atom. The molecule has 1 unspecified atom stereocenters. The lowest BCUT2D eigenvalue weighted by Gasteiger charge is -2.36. The zero-order chi connectivity index (χ0) is 14.5. The molecule has 5 heteroatoms. The van der Waals surface area contributed by atoms with E-state index in [9.17, 15) is 0 Å². The number of aromatic nitrogens is 1. The average Bonchev–Trinajstić information content (AvgIpc) is 2.88. The van der Waals surface area contributed by atoms with Crippen molar-refractivity contribution >= 4 is 11.3 Å². The van der Waals surface area contributed by atoms with Crippen molar-refractivity contribution in [2.75, 3.05) is 40.3 Å². The molecule has 1 fully saturated rings. The Morgan fingerprint density at radius 3 is 2.85 bits per heavy atom. The van der Waals surface area contributed by atoms with Crippen molar-refractivity contribution in [3.63, 3.8) is 0 Å². The second kappa shape index (κ2) is 7.50. The summed E-state index contributed by atoms with van der Waals surface area (Å²) in [6.45, 7) is 6.52. The molecular formula is C15H28N4S. The van der Waals surface area contributed by atoms with Crippen LogP contribution in [0.3, 0.4) is 0 Å². The molecule has 0 spiro atoms. The summed E-state index contributed by atoms with van der Waals surface area (Å²) in [6, 6.07) is 0.733. The van der Waals surface area contributed by atoms with E-state index in [2.05, 4.69) is 36.2 Å². The van der Waals surface area contributed by atoms with Crippen LogP contribution in [0.1, 0.15) is 36.4 Å². The van der Waals surface area contributed by atoms with Gasteiger partial charge in [-0.15, -0.1) is 11.3 Å². The fourth-order valence-electron chi connectivity index (χ4n) is 2.91. The third kappa shape index (κ3) is 4.25. The second-order valence-corrected chi connectivity index (χ2v) is 6.98. The number of hydrogen-bond donors (Lipinski definition) is 1. The molecule has 20 heavy (non-hydrogen) atoms. The zero-order valence-corrected chi connectivity index (χ0v) is 13.8. The van der Waals surface area contributed by atoms with Gasteiger partial charge in [-0.2, -0.15) is 0 Å². The first kappa shape index (κ1) is 15.9. The van der Waals surface area contributed by atoms with E-state index in [1.54, 1.807) is 11.3 Å². The third-order valence-electron chi connectivity index (χ3n) is 4.26. The predicted molar refractivity (Wildman–Crippen MR) is 86.4 cm³/mol. The van der Waals surface area contributed by atoms with Gasteiger partial charge < -0.3 is 15.5 Å². The summed E-state index contributed by atoms with van der Waals surface area (Å²) in [5, 5.41) is 3.42. The summed E-state index contributed by atoms with van der Waals surface area (Å²) in [7, 11) is 4.48. The first-order chi connectivity index (χ1) is 9.60. The fourth-order valence-corrected chi connectivity index (χ4v) is 3.81.